The second-order valence-corrected chi connectivity index (χ2v) is 3.18. The summed E-state index contributed by atoms with van der Waals surface area (Å²) in [7, 11) is 0. The molecule has 0 aromatic carbocycles. The molecule has 1 unspecified atom stereocenters. The van der Waals surface area contributed by atoms with E-state index in [0.29, 0.717) is 11.3 Å². The molecule has 3 nitrogen and oxygen atoms in total. The van der Waals surface area contributed by atoms with Crippen molar-refractivity contribution in [3.05, 3.63) is 16.1 Å². The van der Waals surface area contributed by atoms with Crippen LogP contribution in [0, 0.1) is 0 Å². The Morgan fingerprint density at radius 1 is 1.57 bits per heavy atom. The molecular formula is C6H8ClF3N2OS. The average Bonchev–Trinajstić information content (AvgIpc) is 2.50. The van der Waals surface area contributed by atoms with Gasteiger partial charge in [-0.3, -0.25) is 0 Å². The summed E-state index contributed by atoms with van der Waals surface area (Å²) in [6.07, 6.45) is -5.57. The molecule has 82 valence electrons. The van der Waals surface area contributed by atoms with Gasteiger partial charge in [0.05, 0.1) is 5.69 Å². The molecule has 1 atom stereocenters. The van der Waals surface area contributed by atoms with Crippen molar-refractivity contribution >= 4 is 23.7 Å². The van der Waals surface area contributed by atoms with Gasteiger partial charge in [0.15, 0.2) is 5.01 Å². The number of hydrogen-bond donors (Lipinski definition) is 2. The number of hydrogen-bond acceptors (Lipinski definition) is 4. The fourth-order valence-electron chi connectivity index (χ4n) is 0.690. The lowest BCUT2D eigenvalue weighted by Gasteiger charge is -2.03. The quantitative estimate of drug-likeness (QED) is 0.835. The zero-order valence-electron chi connectivity index (χ0n) is 6.78. The summed E-state index contributed by atoms with van der Waals surface area (Å²) in [4.78, 5) is 3.22. The minimum Gasteiger partial charge on any atom is -0.385 e. The number of aromatic nitrogens is 1. The van der Waals surface area contributed by atoms with E-state index in [9.17, 15) is 13.2 Å². The van der Waals surface area contributed by atoms with E-state index < -0.39 is 17.3 Å². The highest BCUT2D eigenvalue weighted by Gasteiger charge is 2.34. The van der Waals surface area contributed by atoms with Crippen molar-refractivity contribution < 1.29 is 18.3 Å². The fraction of sp³-hybridized carbons (Fsp3) is 0.500. The number of nitrogens with zero attached hydrogens (tertiary/aromatic N) is 1. The Kier molecular flexibility index (Phi) is 4.79. The molecule has 1 heterocycles. The van der Waals surface area contributed by atoms with Gasteiger partial charge < -0.3 is 10.8 Å². The van der Waals surface area contributed by atoms with Gasteiger partial charge in [-0.15, -0.1) is 23.7 Å². The molecular weight excluding hydrogens is 241 g/mol. The molecule has 1 aromatic heterocycles. The molecule has 0 bridgehead atoms. The molecule has 0 fully saturated rings. The van der Waals surface area contributed by atoms with E-state index in [1.54, 1.807) is 0 Å². The molecule has 3 N–H and O–H groups in total. The summed E-state index contributed by atoms with van der Waals surface area (Å²) in [5.74, 6) is 0. The van der Waals surface area contributed by atoms with Crippen LogP contribution in [0.3, 0.4) is 0 Å². The van der Waals surface area contributed by atoms with E-state index in [2.05, 4.69) is 4.98 Å². The van der Waals surface area contributed by atoms with Crippen molar-refractivity contribution in [3.8, 4) is 0 Å². The van der Waals surface area contributed by atoms with E-state index in [1.807, 2.05) is 0 Å². The van der Waals surface area contributed by atoms with E-state index in [1.165, 1.54) is 0 Å². The Bertz CT molecular complexity index is 291. The normalized spacial score (nSPS) is 13.5. The van der Waals surface area contributed by atoms with Gasteiger partial charge in [0, 0.05) is 11.9 Å². The highest BCUT2D eigenvalue weighted by Crippen LogP contribution is 2.32. The monoisotopic (exact) mass is 248 g/mol. The third-order valence-corrected chi connectivity index (χ3v) is 2.23. The van der Waals surface area contributed by atoms with Gasteiger partial charge in [0.25, 0.3) is 0 Å². The first kappa shape index (κ1) is 13.6. The number of rotatable bonds is 2. The van der Waals surface area contributed by atoms with Crippen molar-refractivity contribution in [2.45, 2.75) is 12.3 Å². The van der Waals surface area contributed by atoms with Gasteiger partial charge in [-0.2, -0.15) is 13.2 Å². The molecule has 0 amide bonds. The first-order valence-corrected chi connectivity index (χ1v) is 4.24. The highest BCUT2D eigenvalue weighted by atomic mass is 35.5. The van der Waals surface area contributed by atoms with Crippen LogP contribution >= 0.6 is 23.7 Å². The lowest BCUT2D eigenvalue weighted by Crippen LogP contribution is -2.12. The fourth-order valence-corrected chi connectivity index (χ4v) is 1.42. The van der Waals surface area contributed by atoms with Crippen LogP contribution < -0.4 is 5.73 Å². The second kappa shape index (κ2) is 4.92. The average molecular weight is 249 g/mol. The maximum absolute atomic E-state index is 12.0. The SMILES string of the molecule is Cl.NCC(O)c1csc(C(F)(F)F)n1. The topological polar surface area (TPSA) is 59.1 Å². The Labute approximate surface area is 88.2 Å². The maximum atomic E-state index is 12.0. The molecule has 0 aliphatic carbocycles. The van der Waals surface area contributed by atoms with Gasteiger partial charge in [0.1, 0.15) is 6.10 Å². The molecule has 0 spiro atoms. The van der Waals surface area contributed by atoms with Crippen molar-refractivity contribution in [2.24, 2.45) is 5.73 Å². The molecule has 14 heavy (non-hydrogen) atoms. The van der Waals surface area contributed by atoms with Gasteiger partial charge in [0.2, 0.25) is 0 Å². The van der Waals surface area contributed by atoms with Gasteiger partial charge in [-0.1, -0.05) is 0 Å². The molecule has 1 rings (SSSR count). The van der Waals surface area contributed by atoms with Crippen LogP contribution in [0.25, 0.3) is 0 Å². The first-order valence-electron chi connectivity index (χ1n) is 3.36. The Morgan fingerprint density at radius 3 is 2.50 bits per heavy atom. The largest absolute Gasteiger partial charge is 0.443 e. The summed E-state index contributed by atoms with van der Waals surface area (Å²) in [5.41, 5.74) is 5.03. The molecule has 1 aromatic rings. The summed E-state index contributed by atoms with van der Waals surface area (Å²) < 4.78 is 36.0. The van der Waals surface area contributed by atoms with Gasteiger partial charge >= 0.3 is 6.18 Å². The molecule has 0 saturated heterocycles. The highest BCUT2D eigenvalue weighted by molar-refractivity contribution is 7.09. The standard InChI is InChI=1S/C6H7F3N2OS.ClH/c7-6(8,9)5-11-3(2-13-5)4(12)1-10;/h2,4,12H,1,10H2;1H. The predicted molar refractivity (Wildman–Crippen MR) is 48.4 cm³/mol. The molecule has 8 heteroatoms. The lowest BCUT2D eigenvalue weighted by molar-refractivity contribution is -0.137. The van der Waals surface area contributed by atoms with E-state index in [0.717, 1.165) is 5.38 Å². The van der Waals surface area contributed by atoms with Crippen molar-refractivity contribution in [3.63, 3.8) is 0 Å². The Morgan fingerprint density at radius 2 is 2.14 bits per heavy atom. The maximum Gasteiger partial charge on any atom is 0.443 e. The van der Waals surface area contributed by atoms with Crippen LogP contribution in [0.1, 0.15) is 16.8 Å². The Hall–Kier alpha value is -0.370. The van der Waals surface area contributed by atoms with Crippen LogP contribution in [0.15, 0.2) is 5.38 Å². The predicted octanol–water partition coefficient (Wildman–Crippen LogP) is 1.58. The van der Waals surface area contributed by atoms with E-state index in [-0.39, 0.29) is 24.6 Å². The van der Waals surface area contributed by atoms with Crippen LogP contribution in [-0.4, -0.2) is 16.6 Å². The van der Waals surface area contributed by atoms with E-state index >= 15 is 0 Å². The third-order valence-electron chi connectivity index (χ3n) is 1.33. The number of aliphatic hydroxyl groups is 1. The zero-order chi connectivity index (χ0) is 10.1. The van der Waals surface area contributed by atoms with Crippen molar-refractivity contribution in [1.29, 1.82) is 0 Å². The van der Waals surface area contributed by atoms with Crippen LogP contribution in [0.5, 0.6) is 0 Å². The molecule has 0 saturated carbocycles. The molecule has 0 aliphatic heterocycles. The third kappa shape index (κ3) is 3.09. The smallest absolute Gasteiger partial charge is 0.385 e. The molecule has 0 radical (unpaired) electrons. The number of aliphatic hydroxyl groups excluding tert-OH is 1. The second-order valence-electron chi connectivity index (χ2n) is 2.33. The zero-order valence-corrected chi connectivity index (χ0v) is 8.42. The van der Waals surface area contributed by atoms with Crippen LogP contribution in [-0.2, 0) is 6.18 Å². The molecule has 0 aliphatic rings. The summed E-state index contributed by atoms with van der Waals surface area (Å²) in [5, 5.41) is 9.25. The lowest BCUT2D eigenvalue weighted by atomic mass is 10.3. The van der Waals surface area contributed by atoms with Crippen LogP contribution in [0.2, 0.25) is 0 Å². The van der Waals surface area contributed by atoms with Gasteiger partial charge in [-0.25, -0.2) is 4.98 Å². The summed E-state index contributed by atoms with van der Waals surface area (Å²) in [6, 6.07) is 0. The van der Waals surface area contributed by atoms with Crippen molar-refractivity contribution in [2.75, 3.05) is 6.54 Å². The first-order chi connectivity index (χ1) is 5.95. The summed E-state index contributed by atoms with van der Waals surface area (Å²) in [6.45, 7) is -0.138. The van der Waals surface area contributed by atoms with Gasteiger partial charge in [-0.05, 0) is 0 Å². The number of alkyl halides is 3. The summed E-state index contributed by atoms with van der Waals surface area (Å²) >= 11 is 0.449. The Balaban J connectivity index is 0.00000169. The van der Waals surface area contributed by atoms with Crippen molar-refractivity contribution in [1.82, 2.24) is 4.98 Å². The van der Waals surface area contributed by atoms with E-state index in [4.69, 9.17) is 10.8 Å². The number of halogens is 4. The minimum atomic E-state index is -4.45. The van der Waals surface area contributed by atoms with Crippen LogP contribution in [0.4, 0.5) is 13.2 Å². The minimum absolute atomic E-state index is 0. The number of thiazole rings is 1. The number of nitrogens with two attached hydrogens (primary N) is 1.